The van der Waals surface area contributed by atoms with Crippen molar-refractivity contribution in [2.75, 3.05) is 19.2 Å². The zero-order valence-electron chi connectivity index (χ0n) is 14.8. The predicted octanol–water partition coefficient (Wildman–Crippen LogP) is 2.75. The van der Waals surface area contributed by atoms with E-state index in [9.17, 15) is 4.79 Å². The summed E-state index contributed by atoms with van der Waals surface area (Å²) in [5, 5.41) is 7.59. The lowest BCUT2D eigenvalue weighted by molar-refractivity contribution is -0.116. The number of aryl methyl sites for hydroxylation is 1. The van der Waals surface area contributed by atoms with Crippen molar-refractivity contribution in [1.29, 1.82) is 0 Å². The maximum atomic E-state index is 12.3. The van der Waals surface area contributed by atoms with Crippen molar-refractivity contribution in [1.82, 2.24) is 9.78 Å². The third-order valence-electron chi connectivity index (χ3n) is 4.74. The molecule has 1 aromatic carbocycles. The van der Waals surface area contributed by atoms with Gasteiger partial charge in [0, 0.05) is 24.9 Å². The van der Waals surface area contributed by atoms with Gasteiger partial charge >= 0.3 is 0 Å². The van der Waals surface area contributed by atoms with Gasteiger partial charge in [0.15, 0.2) is 11.5 Å². The number of hydrogen-bond donors (Lipinski definition) is 1. The fourth-order valence-corrected chi connectivity index (χ4v) is 3.59. The fraction of sp³-hybridized carbons (Fsp3) is 0.444. The van der Waals surface area contributed by atoms with Gasteiger partial charge in [-0.15, -0.1) is 0 Å². The molecule has 1 aromatic heterocycles. The third kappa shape index (κ3) is 2.42. The summed E-state index contributed by atoms with van der Waals surface area (Å²) in [6.07, 6.45) is 0.362. The Morgan fingerprint density at radius 1 is 1.36 bits per heavy atom. The van der Waals surface area contributed by atoms with E-state index in [-0.39, 0.29) is 24.5 Å². The molecule has 0 fully saturated rings. The molecule has 0 bridgehead atoms. The average Bonchev–Trinajstić information content (AvgIpc) is 3.18. The summed E-state index contributed by atoms with van der Waals surface area (Å²) in [5.41, 5.74) is 3.03. The SMILES string of the molecule is COc1cc(C2CC(=O)Nc3c2c(C(C)C)nn3C)cc2c1OCO2. The van der Waals surface area contributed by atoms with E-state index in [0.29, 0.717) is 23.7 Å². The van der Waals surface area contributed by atoms with Crippen molar-refractivity contribution in [3.8, 4) is 17.2 Å². The fourth-order valence-electron chi connectivity index (χ4n) is 3.59. The molecule has 2 aliphatic heterocycles. The summed E-state index contributed by atoms with van der Waals surface area (Å²) in [6, 6.07) is 3.87. The third-order valence-corrected chi connectivity index (χ3v) is 4.74. The Hall–Kier alpha value is -2.70. The number of aromatic nitrogens is 2. The normalized spacial score (nSPS) is 18.3. The maximum Gasteiger partial charge on any atom is 0.231 e. The second kappa shape index (κ2) is 5.68. The highest BCUT2D eigenvalue weighted by Gasteiger charge is 2.35. The summed E-state index contributed by atoms with van der Waals surface area (Å²) in [5.74, 6) is 2.78. The van der Waals surface area contributed by atoms with Crippen LogP contribution in [-0.2, 0) is 11.8 Å². The summed E-state index contributed by atoms with van der Waals surface area (Å²) in [7, 11) is 3.46. The number of carbonyl (C=O) groups is 1. The number of benzene rings is 1. The topological polar surface area (TPSA) is 74.6 Å². The highest BCUT2D eigenvalue weighted by molar-refractivity contribution is 5.94. The number of rotatable bonds is 3. The molecule has 0 aliphatic carbocycles. The lowest BCUT2D eigenvalue weighted by Gasteiger charge is -2.25. The highest BCUT2D eigenvalue weighted by Crippen LogP contribution is 2.47. The van der Waals surface area contributed by atoms with Crippen LogP contribution in [0.1, 0.15) is 48.9 Å². The van der Waals surface area contributed by atoms with Crippen LogP contribution in [0, 0.1) is 0 Å². The molecular formula is C18H21N3O4. The Morgan fingerprint density at radius 2 is 2.16 bits per heavy atom. The second-order valence-corrected chi connectivity index (χ2v) is 6.69. The van der Waals surface area contributed by atoms with Crippen LogP contribution in [0.4, 0.5) is 5.82 Å². The van der Waals surface area contributed by atoms with E-state index in [1.807, 2.05) is 19.2 Å². The van der Waals surface area contributed by atoms with Crippen LogP contribution < -0.4 is 19.5 Å². The van der Waals surface area contributed by atoms with E-state index in [4.69, 9.17) is 14.2 Å². The zero-order valence-corrected chi connectivity index (χ0v) is 14.8. The monoisotopic (exact) mass is 343 g/mol. The van der Waals surface area contributed by atoms with Gasteiger partial charge in [-0.1, -0.05) is 13.8 Å². The minimum atomic E-state index is -0.0988. The second-order valence-electron chi connectivity index (χ2n) is 6.69. The van der Waals surface area contributed by atoms with Crippen LogP contribution in [0.15, 0.2) is 12.1 Å². The smallest absolute Gasteiger partial charge is 0.231 e. The van der Waals surface area contributed by atoms with Gasteiger partial charge < -0.3 is 19.5 Å². The first kappa shape index (κ1) is 15.8. The van der Waals surface area contributed by atoms with E-state index in [1.54, 1.807) is 11.8 Å². The van der Waals surface area contributed by atoms with Gasteiger partial charge in [0.1, 0.15) is 5.82 Å². The van der Waals surface area contributed by atoms with Crippen molar-refractivity contribution in [3.05, 3.63) is 29.0 Å². The highest BCUT2D eigenvalue weighted by atomic mass is 16.7. The van der Waals surface area contributed by atoms with Crippen LogP contribution in [0.25, 0.3) is 0 Å². The number of nitrogens with zero attached hydrogens (tertiary/aromatic N) is 2. The summed E-state index contributed by atoms with van der Waals surface area (Å²) in [6.45, 7) is 4.39. The largest absolute Gasteiger partial charge is 0.493 e. The van der Waals surface area contributed by atoms with Gasteiger partial charge in [0.2, 0.25) is 18.4 Å². The van der Waals surface area contributed by atoms with E-state index >= 15 is 0 Å². The van der Waals surface area contributed by atoms with Gasteiger partial charge in [-0.3, -0.25) is 9.48 Å². The predicted molar refractivity (Wildman–Crippen MR) is 91.5 cm³/mol. The number of anilines is 1. The van der Waals surface area contributed by atoms with Crippen LogP contribution in [0.3, 0.4) is 0 Å². The molecule has 0 spiro atoms. The number of amides is 1. The van der Waals surface area contributed by atoms with Gasteiger partial charge in [-0.05, 0) is 23.6 Å². The van der Waals surface area contributed by atoms with Crippen molar-refractivity contribution in [3.63, 3.8) is 0 Å². The molecule has 2 aromatic rings. The van der Waals surface area contributed by atoms with Crippen molar-refractivity contribution >= 4 is 11.7 Å². The zero-order chi connectivity index (χ0) is 17.7. The first-order valence-electron chi connectivity index (χ1n) is 8.33. The van der Waals surface area contributed by atoms with E-state index in [2.05, 4.69) is 24.3 Å². The number of ether oxygens (including phenoxy) is 3. The Morgan fingerprint density at radius 3 is 2.88 bits per heavy atom. The molecule has 4 rings (SSSR count). The Balaban J connectivity index is 1.89. The first-order chi connectivity index (χ1) is 12.0. The van der Waals surface area contributed by atoms with E-state index in [1.165, 1.54) is 0 Å². The van der Waals surface area contributed by atoms with Crippen molar-refractivity contribution < 1.29 is 19.0 Å². The average molecular weight is 343 g/mol. The van der Waals surface area contributed by atoms with Crippen LogP contribution in [0.2, 0.25) is 0 Å². The van der Waals surface area contributed by atoms with Gasteiger partial charge in [0.05, 0.1) is 12.8 Å². The standard InChI is InChI=1S/C18H21N3O4/c1-9(2)16-15-11(7-14(22)19-18(15)21(3)20-16)10-5-12(23-4)17-13(6-10)24-8-25-17/h5-6,9,11H,7-8H2,1-4H3,(H,19,22). The molecule has 0 saturated carbocycles. The summed E-state index contributed by atoms with van der Waals surface area (Å²) in [4.78, 5) is 12.3. The number of nitrogens with one attached hydrogen (secondary N) is 1. The number of carbonyl (C=O) groups excluding carboxylic acids is 1. The van der Waals surface area contributed by atoms with Crippen molar-refractivity contribution in [2.45, 2.75) is 32.1 Å². The van der Waals surface area contributed by atoms with Crippen LogP contribution in [0.5, 0.6) is 17.2 Å². The number of hydrogen-bond acceptors (Lipinski definition) is 5. The number of fused-ring (bicyclic) bond motifs is 2. The molecule has 25 heavy (non-hydrogen) atoms. The molecule has 1 amide bonds. The molecule has 3 heterocycles. The van der Waals surface area contributed by atoms with Gasteiger partial charge in [-0.2, -0.15) is 5.10 Å². The van der Waals surface area contributed by atoms with E-state index in [0.717, 1.165) is 22.6 Å². The first-order valence-corrected chi connectivity index (χ1v) is 8.33. The Bertz CT molecular complexity index is 856. The minimum Gasteiger partial charge on any atom is -0.493 e. The van der Waals surface area contributed by atoms with Crippen LogP contribution >= 0.6 is 0 Å². The molecule has 2 aliphatic rings. The number of methoxy groups -OCH3 is 1. The molecule has 1 atom stereocenters. The van der Waals surface area contributed by atoms with Gasteiger partial charge in [0.25, 0.3) is 0 Å². The quantitative estimate of drug-likeness (QED) is 0.927. The maximum absolute atomic E-state index is 12.3. The molecule has 7 heteroatoms. The molecule has 7 nitrogen and oxygen atoms in total. The Labute approximate surface area is 145 Å². The summed E-state index contributed by atoms with van der Waals surface area (Å²) >= 11 is 0. The van der Waals surface area contributed by atoms with E-state index < -0.39 is 0 Å². The minimum absolute atomic E-state index is 0.0209. The van der Waals surface area contributed by atoms with Crippen LogP contribution in [-0.4, -0.2) is 29.6 Å². The summed E-state index contributed by atoms with van der Waals surface area (Å²) < 4.78 is 18.2. The molecule has 0 radical (unpaired) electrons. The van der Waals surface area contributed by atoms with Crippen molar-refractivity contribution in [2.24, 2.45) is 7.05 Å². The molecular weight excluding hydrogens is 322 g/mol. The molecule has 1 N–H and O–H groups in total. The lowest BCUT2D eigenvalue weighted by Crippen LogP contribution is -2.25. The molecule has 0 saturated heterocycles. The molecule has 132 valence electrons. The molecule has 1 unspecified atom stereocenters. The lowest BCUT2D eigenvalue weighted by atomic mass is 9.83. The Kier molecular flexibility index (Phi) is 3.59. The van der Waals surface area contributed by atoms with Gasteiger partial charge in [-0.25, -0.2) is 0 Å².